The highest BCUT2D eigenvalue weighted by molar-refractivity contribution is 5.50. The van der Waals surface area contributed by atoms with E-state index in [9.17, 15) is 27.2 Å². The van der Waals surface area contributed by atoms with Gasteiger partial charge >= 0.3 is 11.9 Å². The standard InChI is InChI=1S/C31H30F4N6O3/c1-20-28(39-14-12-38(13-15-39)17-23-11-10-22(16-36)44-23)29(42)41(19-27(37)21-6-3-2-4-7-21)30(43)40(20)18-24-25(31(33,34)35)8-5-9-26(24)32/h2-11,27H,12-15,17-19,37H2,1H3/t27-/m1/s1. The van der Waals surface area contributed by atoms with Crippen LogP contribution in [0.5, 0.6) is 0 Å². The van der Waals surface area contributed by atoms with Crippen molar-refractivity contribution in [1.82, 2.24) is 14.0 Å². The molecule has 5 rings (SSSR count). The fourth-order valence-electron chi connectivity index (χ4n) is 5.52. The van der Waals surface area contributed by atoms with Gasteiger partial charge in [-0.05, 0) is 36.8 Å². The summed E-state index contributed by atoms with van der Waals surface area (Å²) in [6.45, 7) is 2.66. The Labute approximate surface area is 250 Å². The molecule has 0 spiro atoms. The average Bonchev–Trinajstić information content (AvgIpc) is 3.46. The van der Waals surface area contributed by atoms with Crippen LogP contribution in [0.2, 0.25) is 0 Å². The SMILES string of the molecule is Cc1c(N2CCN(Cc3ccc(C#N)o3)CC2)c(=O)n(C[C@@H](N)c2ccccc2)c(=O)n1Cc1c(F)cccc1C(F)(F)F. The summed E-state index contributed by atoms with van der Waals surface area (Å²) < 4.78 is 63.9. The predicted molar refractivity (Wildman–Crippen MR) is 154 cm³/mol. The monoisotopic (exact) mass is 610 g/mol. The van der Waals surface area contributed by atoms with Crippen LogP contribution in [0, 0.1) is 24.1 Å². The Morgan fingerprint density at radius 1 is 0.955 bits per heavy atom. The molecule has 1 aliphatic rings. The lowest BCUT2D eigenvalue weighted by molar-refractivity contribution is -0.138. The van der Waals surface area contributed by atoms with E-state index in [2.05, 4.69) is 4.90 Å². The number of rotatable bonds is 8. The zero-order valence-corrected chi connectivity index (χ0v) is 23.9. The fourth-order valence-corrected chi connectivity index (χ4v) is 5.52. The minimum atomic E-state index is -4.86. The van der Waals surface area contributed by atoms with Crippen molar-refractivity contribution in [2.24, 2.45) is 5.73 Å². The summed E-state index contributed by atoms with van der Waals surface area (Å²) >= 11 is 0. The maximum atomic E-state index is 14.9. The normalized spacial score (nSPS) is 14.9. The van der Waals surface area contributed by atoms with Gasteiger partial charge in [0.25, 0.3) is 5.56 Å². The summed E-state index contributed by atoms with van der Waals surface area (Å²) in [6, 6.07) is 15.9. The first-order valence-corrected chi connectivity index (χ1v) is 13.9. The zero-order chi connectivity index (χ0) is 31.6. The highest BCUT2D eigenvalue weighted by atomic mass is 19.4. The van der Waals surface area contributed by atoms with Gasteiger partial charge in [0.15, 0.2) is 0 Å². The van der Waals surface area contributed by atoms with Gasteiger partial charge in [0.05, 0.1) is 25.2 Å². The lowest BCUT2D eigenvalue weighted by atomic mass is 10.1. The van der Waals surface area contributed by atoms with Crippen LogP contribution in [0.15, 0.2) is 74.7 Å². The van der Waals surface area contributed by atoms with Crippen molar-refractivity contribution < 1.29 is 22.0 Å². The second-order valence-corrected chi connectivity index (χ2v) is 10.6. The first-order chi connectivity index (χ1) is 21.0. The summed E-state index contributed by atoms with van der Waals surface area (Å²) in [7, 11) is 0. The molecule has 1 fully saturated rings. The van der Waals surface area contributed by atoms with E-state index in [0.717, 1.165) is 27.3 Å². The van der Waals surface area contributed by atoms with E-state index in [0.29, 0.717) is 44.0 Å². The number of nitriles is 1. The van der Waals surface area contributed by atoms with Crippen LogP contribution < -0.4 is 21.9 Å². The number of hydrogen-bond donors (Lipinski definition) is 1. The molecule has 1 atom stereocenters. The number of furan rings is 1. The lowest BCUT2D eigenvalue weighted by Crippen LogP contribution is -2.51. The van der Waals surface area contributed by atoms with E-state index in [-0.39, 0.29) is 23.7 Å². The third kappa shape index (κ3) is 6.31. The Morgan fingerprint density at radius 2 is 1.66 bits per heavy atom. The van der Waals surface area contributed by atoms with Crippen molar-refractivity contribution >= 4 is 5.69 Å². The quantitative estimate of drug-likeness (QED) is 0.300. The highest BCUT2D eigenvalue weighted by Crippen LogP contribution is 2.33. The number of hydrogen-bond acceptors (Lipinski definition) is 7. The summed E-state index contributed by atoms with van der Waals surface area (Å²) in [5, 5.41) is 9.01. The molecule has 44 heavy (non-hydrogen) atoms. The number of aromatic nitrogens is 2. The fraction of sp³-hybridized carbons (Fsp3) is 0.323. The summed E-state index contributed by atoms with van der Waals surface area (Å²) in [5.74, 6) is -0.297. The van der Waals surface area contributed by atoms with Gasteiger partial charge in [-0.1, -0.05) is 36.4 Å². The van der Waals surface area contributed by atoms with Crippen LogP contribution in [0.1, 0.15) is 39.9 Å². The van der Waals surface area contributed by atoms with E-state index in [1.54, 1.807) is 47.4 Å². The van der Waals surface area contributed by atoms with Gasteiger partial charge in [-0.15, -0.1) is 0 Å². The van der Waals surface area contributed by atoms with Crippen molar-refractivity contribution in [2.45, 2.75) is 38.8 Å². The molecule has 0 radical (unpaired) electrons. The van der Waals surface area contributed by atoms with Crippen molar-refractivity contribution in [3.8, 4) is 6.07 Å². The Hall–Kier alpha value is -4.67. The Morgan fingerprint density at radius 3 is 2.30 bits per heavy atom. The molecule has 2 aromatic carbocycles. The number of piperazine rings is 1. The molecule has 0 saturated carbocycles. The molecule has 1 aliphatic heterocycles. The Balaban J connectivity index is 1.53. The molecule has 3 heterocycles. The van der Waals surface area contributed by atoms with E-state index >= 15 is 0 Å². The second kappa shape index (κ2) is 12.5. The maximum Gasteiger partial charge on any atom is 0.416 e. The lowest BCUT2D eigenvalue weighted by Gasteiger charge is -2.36. The number of benzene rings is 2. The van der Waals surface area contributed by atoms with Gasteiger partial charge in [0.1, 0.15) is 23.3 Å². The van der Waals surface area contributed by atoms with Crippen LogP contribution in [0.3, 0.4) is 0 Å². The number of nitrogens with two attached hydrogens (primary N) is 1. The smallest absolute Gasteiger partial charge is 0.416 e. The Bertz CT molecular complexity index is 1800. The third-order valence-corrected chi connectivity index (χ3v) is 7.84. The van der Waals surface area contributed by atoms with Crippen LogP contribution in [-0.4, -0.2) is 40.2 Å². The van der Waals surface area contributed by atoms with Crippen LogP contribution >= 0.6 is 0 Å². The molecule has 13 heteroatoms. The van der Waals surface area contributed by atoms with E-state index in [1.807, 2.05) is 6.07 Å². The summed E-state index contributed by atoms with van der Waals surface area (Å²) in [4.78, 5) is 31.6. The first-order valence-electron chi connectivity index (χ1n) is 13.9. The molecule has 0 unspecified atom stereocenters. The molecular weight excluding hydrogens is 580 g/mol. The molecule has 2 aromatic heterocycles. The number of nitrogens with zero attached hydrogens (tertiary/aromatic N) is 5. The van der Waals surface area contributed by atoms with E-state index in [1.165, 1.54) is 6.92 Å². The maximum absolute atomic E-state index is 14.9. The molecular formula is C31H30F4N6O3. The summed E-state index contributed by atoms with van der Waals surface area (Å²) in [6.07, 6.45) is -4.86. The van der Waals surface area contributed by atoms with Gasteiger partial charge < -0.3 is 15.1 Å². The van der Waals surface area contributed by atoms with Gasteiger partial charge in [0, 0.05) is 43.5 Å². The average molecular weight is 611 g/mol. The first kappa shape index (κ1) is 30.8. The molecule has 9 nitrogen and oxygen atoms in total. The number of halogens is 4. The van der Waals surface area contributed by atoms with Gasteiger partial charge in [-0.2, -0.15) is 18.4 Å². The van der Waals surface area contributed by atoms with Crippen molar-refractivity contribution in [1.29, 1.82) is 5.26 Å². The molecule has 0 amide bonds. The van der Waals surface area contributed by atoms with Crippen molar-refractivity contribution in [2.75, 3.05) is 31.1 Å². The van der Waals surface area contributed by atoms with Gasteiger partial charge in [0.2, 0.25) is 5.76 Å². The van der Waals surface area contributed by atoms with Gasteiger partial charge in [-0.3, -0.25) is 18.8 Å². The van der Waals surface area contributed by atoms with Crippen molar-refractivity contribution in [3.63, 3.8) is 0 Å². The predicted octanol–water partition coefficient (Wildman–Crippen LogP) is 4.01. The molecule has 2 N–H and O–H groups in total. The van der Waals surface area contributed by atoms with E-state index < -0.39 is 47.0 Å². The molecule has 0 bridgehead atoms. The summed E-state index contributed by atoms with van der Waals surface area (Å²) in [5.41, 5.74) is 3.89. The van der Waals surface area contributed by atoms with Crippen LogP contribution in [-0.2, 0) is 25.8 Å². The zero-order valence-electron chi connectivity index (χ0n) is 23.9. The largest absolute Gasteiger partial charge is 0.449 e. The molecule has 1 saturated heterocycles. The minimum absolute atomic E-state index is 0.124. The number of anilines is 1. The van der Waals surface area contributed by atoms with Crippen LogP contribution in [0.25, 0.3) is 0 Å². The van der Waals surface area contributed by atoms with Gasteiger partial charge in [-0.25, -0.2) is 9.18 Å². The topological polar surface area (TPSA) is 113 Å². The van der Waals surface area contributed by atoms with E-state index in [4.69, 9.17) is 15.4 Å². The molecule has 0 aliphatic carbocycles. The van der Waals surface area contributed by atoms with Crippen LogP contribution in [0.4, 0.5) is 23.2 Å². The molecule has 4 aromatic rings. The van der Waals surface area contributed by atoms with Crippen molar-refractivity contribution in [3.05, 3.63) is 121 Å². The minimum Gasteiger partial charge on any atom is -0.449 e. The highest BCUT2D eigenvalue weighted by Gasteiger charge is 2.35. The Kier molecular flexibility index (Phi) is 8.75. The number of alkyl halides is 3. The molecule has 230 valence electrons. The second-order valence-electron chi connectivity index (χ2n) is 10.6. The third-order valence-electron chi connectivity index (χ3n) is 7.84.